The van der Waals surface area contributed by atoms with Gasteiger partial charge in [0.2, 0.25) is 5.88 Å². The maximum Gasteiger partial charge on any atom is 0.221 e. The van der Waals surface area contributed by atoms with Gasteiger partial charge in [-0.15, -0.1) is 0 Å². The Morgan fingerprint density at radius 3 is 2.38 bits per heavy atom. The number of aromatic nitrogens is 4. The zero-order chi connectivity index (χ0) is 26.9. The Morgan fingerprint density at radius 1 is 0.769 bits per heavy atom. The highest BCUT2D eigenvalue weighted by atomic mass is 28.3. The first kappa shape index (κ1) is 23.8. The molecule has 0 spiro atoms. The van der Waals surface area contributed by atoms with Crippen molar-refractivity contribution in [1.29, 1.82) is 0 Å². The second kappa shape index (κ2) is 8.35. The van der Waals surface area contributed by atoms with Crippen LogP contribution in [-0.2, 0) is 5.41 Å². The average Bonchev–Trinajstić information content (AvgIpc) is 3.37. The number of ether oxygens (including phenoxy) is 1. The van der Waals surface area contributed by atoms with Crippen molar-refractivity contribution in [2.75, 3.05) is 0 Å². The molecule has 0 aliphatic carbocycles. The summed E-state index contributed by atoms with van der Waals surface area (Å²) >= 11 is 0. The predicted molar refractivity (Wildman–Crippen MR) is 162 cm³/mol. The molecule has 0 saturated heterocycles. The van der Waals surface area contributed by atoms with E-state index < -0.39 is 8.07 Å². The third-order valence-electron chi connectivity index (χ3n) is 7.89. The summed E-state index contributed by atoms with van der Waals surface area (Å²) in [6, 6.07) is 27.4. The Kier molecular flexibility index (Phi) is 5.10. The Bertz CT molecular complexity index is 1860. The summed E-state index contributed by atoms with van der Waals surface area (Å²) < 4.78 is 8.68. The third kappa shape index (κ3) is 3.70. The number of hydrogen-bond donors (Lipinski definition) is 0. The third-order valence-corrected chi connectivity index (χ3v) is 11.3. The number of nitrogens with zero attached hydrogens (tertiary/aromatic N) is 4. The minimum atomic E-state index is -1.82. The molecule has 7 rings (SSSR count). The van der Waals surface area contributed by atoms with Crippen molar-refractivity contribution in [3.63, 3.8) is 0 Å². The van der Waals surface area contributed by atoms with Gasteiger partial charge < -0.3 is 4.74 Å². The summed E-state index contributed by atoms with van der Waals surface area (Å²) in [7, 11) is -1.82. The summed E-state index contributed by atoms with van der Waals surface area (Å²) in [4.78, 5) is 14.6. The molecule has 0 N–H and O–H groups in total. The van der Waals surface area contributed by atoms with E-state index in [0.717, 1.165) is 39.1 Å². The predicted octanol–water partition coefficient (Wildman–Crippen LogP) is 6.86. The fraction of sp³-hybridized carbons (Fsp3) is 0.182. The van der Waals surface area contributed by atoms with E-state index in [4.69, 9.17) is 19.7 Å². The molecule has 0 fully saturated rings. The van der Waals surface area contributed by atoms with Crippen LogP contribution < -0.4 is 15.2 Å². The summed E-state index contributed by atoms with van der Waals surface area (Å²) in [5, 5.41) is 4.91. The van der Waals surface area contributed by atoms with Crippen LogP contribution in [0, 0.1) is 0 Å². The van der Waals surface area contributed by atoms with Crippen LogP contribution in [0.3, 0.4) is 0 Å². The molecule has 1 aliphatic heterocycles. The van der Waals surface area contributed by atoms with Crippen LogP contribution in [0.25, 0.3) is 38.9 Å². The number of hydrogen-bond acceptors (Lipinski definition) is 4. The molecule has 5 heterocycles. The van der Waals surface area contributed by atoms with E-state index in [1.54, 1.807) is 0 Å². The fourth-order valence-corrected chi connectivity index (χ4v) is 8.77. The standard InChI is InChI=1S/C33H30N4OSi/c1-33(2,3)21-18-29(37-27-13-7-6-10-23(27)24-11-8-16-34-31(24)37)36-30(19-21)38-22-14-15-28-26(20-22)25-12-9-17-35-32(25)39(28,4)5/h6-20H,1-5H3. The van der Waals surface area contributed by atoms with Crippen molar-refractivity contribution < 1.29 is 4.74 Å². The van der Waals surface area contributed by atoms with Crippen molar-refractivity contribution in [3.8, 4) is 28.6 Å². The first-order valence-electron chi connectivity index (χ1n) is 13.4. The summed E-state index contributed by atoms with van der Waals surface area (Å²) in [6.45, 7) is 11.4. The van der Waals surface area contributed by atoms with E-state index in [2.05, 4.69) is 105 Å². The number of pyridine rings is 3. The van der Waals surface area contributed by atoms with Crippen LogP contribution in [0.1, 0.15) is 26.3 Å². The first-order chi connectivity index (χ1) is 18.7. The zero-order valence-electron chi connectivity index (χ0n) is 22.9. The summed E-state index contributed by atoms with van der Waals surface area (Å²) in [5.74, 6) is 2.15. The normalized spacial score (nSPS) is 14.0. The molecule has 0 atom stereocenters. The molecule has 0 radical (unpaired) electrons. The van der Waals surface area contributed by atoms with E-state index >= 15 is 0 Å². The SMILES string of the molecule is CC(C)(C)c1cc(Oc2ccc3c(c2)-c2cccnc2[Si]3(C)C)nc(-n2c3ccccc3c3cccnc32)c1. The van der Waals surface area contributed by atoms with Gasteiger partial charge in [0.05, 0.1) is 5.52 Å². The van der Waals surface area contributed by atoms with Crippen LogP contribution in [0.4, 0.5) is 0 Å². The van der Waals surface area contributed by atoms with Crippen LogP contribution in [0.5, 0.6) is 11.6 Å². The Morgan fingerprint density at radius 2 is 1.54 bits per heavy atom. The van der Waals surface area contributed by atoms with Gasteiger partial charge in [-0.05, 0) is 69.8 Å². The lowest BCUT2D eigenvalue weighted by atomic mass is 9.87. The van der Waals surface area contributed by atoms with Crippen molar-refractivity contribution >= 4 is 40.5 Å². The highest BCUT2D eigenvalue weighted by molar-refractivity contribution is 7.03. The highest BCUT2D eigenvalue weighted by Crippen LogP contribution is 2.35. The van der Waals surface area contributed by atoms with Gasteiger partial charge >= 0.3 is 0 Å². The van der Waals surface area contributed by atoms with E-state index in [9.17, 15) is 0 Å². The molecule has 2 aromatic carbocycles. The van der Waals surface area contributed by atoms with E-state index in [0.29, 0.717) is 5.88 Å². The Hall–Kier alpha value is -4.29. The van der Waals surface area contributed by atoms with E-state index in [1.807, 2.05) is 24.5 Å². The zero-order valence-corrected chi connectivity index (χ0v) is 23.9. The largest absolute Gasteiger partial charge is 0.439 e. The molecule has 0 unspecified atom stereocenters. The smallest absolute Gasteiger partial charge is 0.221 e. The molecule has 0 amide bonds. The van der Waals surface area contributed by atoms with Gasteiger partial charge in [-0.1, -0.05) is 64.2 Å². The van der Waals surface area contributed by atoms with Crippen LogP contribution in [-0.4, -0.2) is 27.6 Å². The lowest BCUT2D eigenvalue weighted by molar-refractivity contribution is 0.458. The fourth-order valence-electron chi connectivity index (χ4n) is 5.84. The van der Waals surface area contributed by atoms with Gasteiger partial charge in [0.1, 0.15) is 25.3 Å². The number of fused-ring (bicyclic) bond motifs is 6. The molecular weight excluding hydrogens is 496 g/mol. The number of rotatable bonds is 3. The number of para-hydroxylation sites is 1. The van der Waals surface area contributed by atoms with Crippen LogP contribution >= 0.6 is 0 Å². The van der Waals surface area contributed by atoms with Gasteiger partial charge in [0.25, 0.3) is 0 Å². The van der Waals surface area contributed by atoms with E-state index in [1.165, 1.54) is 21.6 Å². The van der Waals surface area contributed by atoms with Crippen LogP contribution in [0.15, 0.2) is 91.3 Å². The molecule has 4 aromatic heterocycles. The van der Waals surface area contributed by atoms with Gasteiger partial charge in [-0.2, -0.15) is 4.98 Å². The maximum absolute atomic E-state index is 6.54. The minimum Gasteiger partial charge on any atom is -0.439 e. The Balaban J connectivity index is 1.39. The van der Waals surface area contributed by atoms with Gasteiger partial charge in [0, 0.05) is 34.5 Å². The molecule has 6 heteroatoms. The summed E-state index contributed by atoms with van der Waals surface area (Å²) in [6.07, 6.45) is 3.74. The van der Waals surface area contributed by atoms with Gasteiger partial charge in [-0.3, -0.25) is 9.55 Å². The minimum absolute atomic E-state index is 0.0971. The second-order valence-corrected chi connectivity index (χ2v) is 16.1. The second-order valence-electron chi connectivity index (χ2n) is 11.9. The molecule has 0 bridgehead atoms. The maximum atomic E-state index is 6.54. The van der Waals surface area contributed by atoms with Crippen molar-refractivity contribution in [1.82, 2.24) is 19.5 Å². The molecule has 5 nitrogen and oxygen atoms in total. The topological polar surface area (TPSA) is 52.8 Å². The van der Waals surface area contributed by atoms with Crippen molar-refractivity contribution in [2.24, 2.45) is 0 Å². The van der Waals surface area contributed by atoms with Gasteiger partial charge in [-0.25, -0.2) is 4.98 Å². The Labute approximate surface area is 229 Å². The molecule has 39 heavy (non-hydrogen) atoms. The molecule has 1 aliphatic rings. The summed E-state index contributed by atoms with van der Waals surface area (Å²) in [5.41, 5.74) is 5.46. The van der Waals surface area contributed by atoms with Crippen LogP contribution in [0.2, 0.25) is 13.1 Å². The monoisotopic (exact) mass is 526 g/mol. The molecule has 6 aromatic rings. The average molecular weight is 527 g/mol. The van der Waals surface area contributed by atoms with Crippen molar-refractivity contribution in [2.45, 2.75) is 39.3 Å². The van der Waals surface area contributed by atoms with Gasteiger partial charge in [0.15, 0.2) is 0 Å². The molecule has 0 saturated carbocycles. The van der Waals surface area contributed by atoms with Crippen molar-refractivity contribution in [3.05, 3.63) is 96.8 Å². The molecular formula is C33H30N4OSi. The van der Waals surface area contributed by atoms with E-state index in [-0.39, 0.29) is 5.41 Å². The lowest BCUT2D eigenvalue weighted by Gasteiger charge is -2.21. The quantitative estimate of drug-likeness (QED) is 0.236. The first-order valence-corrected chi connectivity index (χ1v) is 16.4. The lowest BCUT2D eigenvalue weighted by Crippen LogP contribution is -2.50. The molecule has 192 valence electrons. The number of benzene rings is 2. The highest BCUT2D eigenvalue weighted by Gasteiger charge is 2.39.